The SMILES string of the molecule is CCC(CSC)N(C)c1nc(CNC(C)C)cs1. The highest BCUT2D eigenvalue weighted by Gasteiger charge is 2.15. The van der Waals surface area contributed by atoms with Crippen LogP contribution in [0.15, 0.2) is 5.38 Å². The van der Waals surface area contributed by atoms with Crippen molar-refractivity contribution in [1.82, 2.24) is 10.3 Å². The van der Waals surface area contributed by atoms with E-state index in [9.17, 15) is 0 Å². The monoisotopic (exact) mass is 287 g/mol. The lowest BCUT2D eigenvalue weighted by Gasteiger charge is -2.26. The van der Waals surface area contributed by atoms with E-state index in [0.717, 1.165) is 29.5 Å². The molecule has 0 aliphatic heterocycles. The molecular formula is C13H25N3S2. The fourth-order valence-electron chi connectivity index (χ4n) is 1.70. The summed E-state index contributed by atoms with van der Waals surface area (Å²) in [4.78, 5) is 7.03. The van der Waals surface area contributed by atoms with Gasteiger partial charge in [-0.2, -0.15) is 11.8 Å². The highest BCUT2D eigenvalue weighted by molar-refractivity contribution is 7.98. The molecule has 18 heavy (non-hydrogen) atoms. The van der Waals surface area contributed by atoms with Crippen molar-refractivity contribution < 1.29 is 0 Å². The summed E-state index contributed by atoms with van der Waals surface area (Å²) in [7, 11) is 2.16. The van der Waals surface area contributed by atoms with Gasteiger partial charge < -0.3 is 10.2 Å². The molecule has 1 unspecified atom stereocenters. The van der Waals surface area contributed by atoms with Gasteiger partial charge in [0.25, 0.3) is 0 Å². The smallest absolute Gasteiger partial charge is 0.185 e. The number of thiazole rings is 1. The van der Waals surface area contributed by atoms with Gasteiger partial charge in [-0.25, -0.2) is 4.98 Å². The van der Waals surface area contributed by atoms with Crippen molar-refractivity contribution >= 4 is 28.2 Å². The molecule has 0 spiro atoms. The van der Waals surface area contributed by atoms with Crippen molar-refractivity contribution in [3.05, 3.63) is 11.1 Å². The third kappa shape index (κ3) is 4.78. The molecule has 1 aromatic heterocycles. The summed E-state index contributed by atoms with van der Waals surface area (Å²) in [5, 5.41) is 6.70. The van der Waals surface area contributed by atoms with Crippen LogP contribution in [0, 0.1) is 0 Å². The standard InChI is InChI=1S/C13H25N3S2/c1-6-12(9-17-5)16(4)13-15-11(8-18-13)7-14-10(2)3/h8,10,12,14H,6-7,9H2,1-5H3. The molecule has 104 valence electrons. The van der Waals surface area contributed by atoms with Crippen LogP contribution in [0.5, 0.6) is 0 Å². The Morgan fingerprint density at radius 3 is 2.78 bits per heavy atom. The van der Waals surface area contributed by atoms with E-state index >= 15 is 0 Å². The molecule has 1 N–H and O–H groups in total. The minimum absolute atomic E-state index is 0.507. The number of hydrogen-bond acceptors (Lipinski definition) is 5. The average Bonchev–Trinajstić information content (AvgIpc) is 2.81. The number of nitrogens with one attached hydrogen (secondary N) is 1. The van der Waals surface area contributed by atoms with Crippen LogP contribution in [0.2, 0.25) is 0 Å². The third-order valence-corrected chi connectivity index (χ3v) is 4.61. The summed E-state index contributed by atoms with van der Waals surface area (Å²) in [6.45, 7) is 7.42. The fraction of sp³-hybridized carbons (Fsp3) is 0.769. The van der Waals surface area contributed by atoms with Crippen LogP contribution in [-0.4, -0.2) is 36.1 Å². The van der Waals surface area contributed by atoms with Gasteiger partial charge >= 0.3 is 0 Å². The van der Waals surface area contributed by atoms with E-state index in [2.05, 4.69) is 49.7 Å². The number of rotatable bonds is 8. The van der Waals surface area contributed by atoms with Gasteiger partial charge in [0.2, 0.25) is 0 Å². The Labute approximate surface area is 119 Å². The molecule has 0 amide bonds. The number of thioether (sulfide) groups is 1. The molecule has 1 aromatic rings. The maximum atomic E-state index is 4.71. The van der Waals surface area contributed by atoms with E-state index in [-0.39, 0.29) is 0 Å². The lowest BCUT2D eigenvalue weighted by atomic mass is 10.2. The number of anilines is 1. The van der Waals surface area contributed by atoms with Crippen molar-refractivity contribution in [2.24, 2.45) is 0 Å². The molecule has 5 heteroatoms. The van der Waals surface area contributed by atoms with Gasteiger partial charge in [-0.1, -0.05) is 20.8 Å². The first kappa shape index (κ1) is 15.8. The topological polar surface area (TPSA) is 28.2 Å². The second-order valence-electron chi connectivity index (χ2n) is 4.79. The first-order chi connectivity index (χ1) is 8.58. The van der Waals surface area contributed by atoms with E-state index in [1.54, 1.807) is 11.3 Å². The van der Waals surface area contributed by atoms with Gasteiger partial charge in [-0.15, -0.1) is 11.3 Å². The summed E-state index contributed by atoms with van der Waals surface area (Å²) in [6, 6.07) is 1.09. The number of aromatic nitrogens is 1. The van der Waals surface area contributed by atoms with Gasteiger partial charge in [0.15, 0.2) is 5.13 Å². The van der Waals surface area contributed by atoms with E-state index in [4.69, 9.17) is 4.98 Å². The Hall–Kier alpha value is -0.260. The maximum Gasteiger partial charge on any atom is 0.185 e. The Kier molecular flexibility index (Phi) is 7.04. The number of hydrogen-bond donors (Lipinski definition) is 1. The van der Waals surface area contributed by atoms with Gasteiger partial charge in [-0.3, -0.25) is 0 Å². The third-order valence-electron chi connectivity index (χ3n) is 2.91. The van der Waals surface area contributed by atoms with Crippen molar-refractivity contribution in [3.8, 4) is 0 Å². The largest absolute Gasteiger partial charge is 0.347 e. The molecule has 0 saturated carbocycles. The lowest BCUT2D eigenvalue weighted by molar-refractivity contribution is 0.582. The van der Waals surface area contributed by atoms with E-state index in [0.29, 0.717) is 12.1 Å². The zero-order valence-corrected chi connectivity index (χ0v) is 13.7. The molecule has 0 fully saturated rings. The Morgan fingerprint density at radius 1 is 1.50 bits per heavy atom. The normalized spacial score (nSPS) is 13.0. The predicted molar refractivity (Wildman–Crippen MR) is 85.0 cm³/mol. The first-order valence-corrected chi connectivity index (χ1v) is 8.75. The second-order valence-corrected chi connectivity index (χ2v) is 6.53. The average molecular weight is 287 g/mol. The molecule has 1 rings (SSSR count). The minimum atomic E-state index is 0.507. The second kappa shape index (κ2) is 8.02. The van der Waals surface area contributed by atoms with Crippen LogP contribution >= 0.6 is 23.1 Å². The molecule has 0 bridgehead atoms. The predicted octanol–water partition coefficient (Wildman–Crippen LogP) is 3.22. The maximum absolute atomic E-state index is 4.71. The highest BCUT2D eigenvalue weighted by atomic mass is 32.2. The van der Waals surface area contributed by atoms with Crippen LogP contribution in [0.4, 0.5) is 5.13 Å². The zero-order valence-electron chi connectivity index (χ0n) is 12.1. The van der Waals surface area contributed by atoms with E-state index in [1.165, 1.54) is 0 Å². The molecular weight excluding hydrogens is 262 g/mol. The molecule has 0 aliphatic carbocycles. The van der Waals surface area contributed by atoms with Crippen LogP contribution in [-0.2, 0) is 6.54 Å². The number of nitrogens with zero attached hydrogens (tertiary/aromatic N) is 2. The zero-order chi connectivity index (χ0) is 13.5. The molecule has 1 atom stereocenters. The van der Waals surface area contributed by atoms with Gasteiger partial charge in [0, 0.05) is 36.8 Å². The summed E-state index contributed by atoms with van der Waals surface area (Å²) >= 11 is 3.65. The summed E-state index contributed by atoms with van der Waals surface area (Å²) in [5.41, 5.74) is 1.15. The summed E-state index contributed by atoms with van der Waals surface area (Å²) < 4.78 is 0. The highest BCUT2D eigenvalue weighted by Crippen LogP contribution is 2.23. The quantitative estimate of drug-likeness (QED) is 0.794. The van der Waals surface area contributed by atoms with Crippen LogP contribution in [0.25, 0.3) is 0 Å². The Bertz CT molecular complexity index is 339. The van der Waals surface area contributed by atoms with E-state index < -0.39 is 0 Å². The van der Waals surface area contributed by atoms with Crippen LogP contribution in [0.3, 0.4) is 0 Å². The molecule has 0 aliphatic rings. The van der Waals surface area contributed by atoms with Gasteiger partial charge in [0.05, 0.1) is 5.69 Å². The van der Waals surface area contributed by atoms with Crippen molar-refractivity contribution in [3.63, 3.8) is 0 Å². The first-order valence-electron chi connectivity index (χ1n) is 6.48. The minimum Gasteiger partial charge on any atom is -0.347 e. The molecule has 3 nitrogen and oxygen atoms in total. The molecule has 0 aromatic carbocycles. The van der Waals surface area contributed by atoms with Gasteiger partial charge in [0.1, 0.15) is 0 Å². The van der Waals surface area contributed by atoms with Gasteiger partial charge in [-0.05, 0) is 12.7 Å². The summed E-state index contributed by atoms with van der Waals surface area (Å²) in [5.74, 6) is 1.16. The van der Waals surface area contributed by atoms with Crippen molar-refractivity contribution in [2.75, 3.05) is 24.0 Å². The lowest BCUT2D eigenvalue weighted by Crippen LogP contribution is -2.33. The fourth-order valence-corrected chi connectivity index (χ4v) is 3.41. The van der Waals surface area contributed by atoms with Crippen LogP contribution in [0.1, 0.15) is 32.9 Å². The Morgan fingerprint density at radius 2 is 2.22 bits per heavy atom. The van der Waals surface area contributed by atoms with Crippen molar-refractivity contribution in [2.45, 2.75) is 45.8 Å². The van der Waals surface area contributed by atoms with E-state index in [1.807, 2.05) is 11.8 Å². The molecule has 0 radical (unpaired) electrons. The summed E-state index contributed by atoms with van der Waals surface area (Å²) in [6.07, 6.45) is 3.33. The molecule has 1 heterocycles. The Balaban J connectivity index is 2.60. The molecule has 0 saturated heterocycles. The van der Waals surface area contributed by atoms with Crippen molar-refractivity contribution in [1.29, 1.82) is 0 Å². The van der Waals surface area contributed by atoms with Crippen LogP contribution < -0.4 is 10.2 Å².